The van der Waals surface area contributed by atoms with Crippen LogP contribution in [0, 0.1) is 0 Å². The summed E-state index contributed by atoms with van der Waals surface area (Å²) in [5, 5.41) is 4.08. The Morgan fingerprint density at radius 1 is 1.35 bits per heavy atom. The van der Waals surface area contributed by atoms with Crippen molar-refractivity contribution >= 4 is 17.3 Å². The van der Waals surface area contributed by atoms with Gasteiger partial charge in [-0.15, -0.1) is 0 Å². The summed E-state index contributed by atoms with van der Waals surface area (Å²) in [5.41, 5.74) is 2.49. The van der Waals surface area contributed by atoms with Crippen LogP contribution in [0.4, 0.5) is 5.69 Å². The number of hydrogen-bond donors (Lipinski definition) is 1. The normalized spacial score (nSPS) is 16.4. The molecule has 2 rings (SSSR count). The molecule has 0 aromatic heterocycles. The van der Waals surface area contributed by atoms with E-state index in [1.165, 1.54) is 36.9 Å². The second-order valence-electron chi connectivity index (χ2n) is 4.83. The molecule has 1 aromatic carbocycles. The molecule has 0 atom stereocenters. The Kier molecular flexibility index (Phi) is 4.30. The summed E-state index contributed by atoms with van der Waals surface area (Å²) in [6.45, 7) is 0.868. The van der Waals surface area contributed by atoms with Gasteiger partial charge >= 0.3 is 0 Å². The van der Waals surface area contributed by atoms with Crippen LogP contribution in [-0.4, -0.2) is 20.1 Å². The number of benzene rings is 1. The first-order valence-electron chi connectivity index (χ1n) is 6.39. The summed E-state index contributed by atoms with van der Waals surface area (Å²) in [6, 6.07) is 6.83. The van der Waals surface area contributed by atoms with Crippen molar-refractivity contribution in [1.82, 2.24) is 5.32 Å². The van der Waals surface area contributed by atoms with Crippen LogP contribution in [0.2, 0.25) is 5.02 Å². The van der Waals surface area contributed by atoms with Gasteiger partial charge in [-0.3, -0.25) is 0 Å². The lowest BCUT2D eigenvalue weighted by atomic mass is 10.1. The van der Waals surface area contributed by atoms with Gasteiger partial charge in [0, 0.05) is 19.6 Å². The van der Waals surface area contributed by atoms with Crippen LogP contribution in [-0.2, 0) is 6.54 Å². The fraction of sp³-hybridized carbons (Fsp3) is 0.571. The second kappa shape index (κ2) is 5.74. The lowest BCUT2D eigenvalue weighted by Crippen LogP contribution is -2.30. The van der Waals surface area contributed by atoms with E-state index in [0.29, 0.717) is 6.04 Å². The molecule has 2 nitrogen and oxygen atoms in total. The first-order chi connectivity index (χ1) is 8.24. The maximum atomic E-state index is 6.37. The van der Waals surface area contributed by atoms with Crippen LogP contribution in [0.25, 0.3) is 0 Å². The molecule has 0 spiro atoms. The van der Waals surface area contributed by atoms with Gasteiger partial charge in [-0.05, 0) is 31.5 Å². The van der Waals surface area contributed by atoms with Crippen molar-refractivity contribution in [3.63, 3.8) is 0 Å². The molecule has 1 aliphatic rings. The summed E-state index contributed by atoms with van der Waals surface area (Å²) in [4.78, 5) is 2.38. The average Bonchev–Trinajstić information content (AvgIpc) is 2.82. The fourth-order valence-electron chi connectivity index (χ4n) is 2.76. The molecule has 94 valence electrons. The maximum Gasteiger partial charge on any atom is 0.0642 e. The standard InChI is InChI=1S/C14H21ClN2/c1-16-10-11-6-5-9-13(15)14(11)17(2)12-7-3-4-8-12/h5-6,9,12,16H,3-4,7-8,10H2,1-2H3. The molecule has 0 heterocycles. The highest BCUT2D eigenvalue weighted by Crippen LogP contribution is 2.34. The van der Waals surface area contributed by atoms with E-state index in [1.807, 2.05) is 19.2 Å². The molecule has 3 heteroatoms. The molecule has 1 fully saturated rings. The number of hydrogen-bond acceptors (Lipinski definition) is 2. The zero-order valence-electron chi connectivity index (χ0n) is 10.7. The third-order valence-electron chi connectivity index (χ3n) is 3.66. The zero-order chi connectivity index (χ0) is 12.3. The van der Waals surface area contributed by atoms with Gasteiger partial charge in [0.1, 0.15) is 0 Å². The Balaban J connectivity index is 2.28. The number of anilines is 1. The van der Waals surface area contributed by atoms with Crippen molar-refractivity contribution in [2.75, 3.05) is 19.0 Å². The first-order valence-corrected chi connectivity index (χ1v) is 6.76. The molecular formula is C14H21ClN2. The number of para-hydroxylation sites is 1. The van der Waals surface area contributed by atoms with Crippen molar-refractivity contribution in [2.24, 2.45) is 0 Å². The lowest BCUT2D eigenvalue weighted by Gasteiger charge is -2.29. The van der Waals surface area contributed by atoms with Crippen LogP contribution in [0.5, 0.6) is 0 Å². The van der Waals surface area contributed by atoms with E-state index >= 15 is 0 Å². The van der Waals surface area contributed by atoms with Gasteiger partial charge in [-0.2, -0.15) is 0 Å². The van der Waals surface area contributed by atoms with Gasteiger partial charge in [-0.1, -0.05) is 36.6 Å². The molecule has 1 aromatic rings. The Morgan fingerprint density at radius 3 is 2.71 bits per heavy atom. The minimum absolute atomic E-state index is 0.658. The van der Waals surface area contributed by atoms with Crippen molar-refractivity contribution in [3.8, 4) is 0 Å². The first kappa shape index (κ1) is 12.7. The average molecular weight is 253 g/mol. The van der Waals surface area contributed by atoms with Crippen molar-refractivity contribution < 1.29 is 0 Å². The van der Waals surface area contributed by atoms with E-state index in [4.69, 9.17) is 11.6 Å². The van der Waals surface area contributed by atoms with Gasteiger partial charge in [0.15, 0.2) is 0 Å². The molecule has 0 aliphatic heterocycles. The second-order valence-corrected chi connectivity index (χ2v) is 5.23. The number of halogens is 1. The summed E-state index contributed by atoms with van der Waals surface area (Å²) < 4.78 is 0. The minimum Gasteiger partial charge on any atom is -0.370 e. The molecule has 1 aliphatic carbocycles. The maximum absolute atomic E-state index is 6.37. The highest BCUT2D eigenvalue weighted by atomic mass is 35.5. The molecule has 0 radical (unpaired) electrons. The van der Waals surface area contributed by atoms with Gasteiger partial charge < -0.3 is 10.2 Å². The summed E-state index contributed by atoms with van der Waals surface area (Å²) in [5.74, 6) is 0. The Bertz CT molecular complexity index is 372. The fourth-order valence-corrected chi connectivity index (χ4v) is 3.09. The van der Waals surface area contributed by atoms with E-state index in [9.17, 15) is 0 Å². The molecule has 0 amide bonds. The molecule has 0 saturated heterocycles. The summed E-state index contributed by atoms with van der Waals surface area (Å²) in [6.07, 6.45) is 5.28. The van der Waals surface area contributed by atoms with Crippen molar-refractivity contribution in [3.05, 3.63) is 28.8 Å². The highest BCUT2D eigenvalue weighted by molar-refractivity contribution is 6.33. The number of nitrogens with zero attached hydrogens (tertiary/aromatic N) is 1. The molecule has 0 unspecified atom stereocenters. The van der Waals surface area contributed by atoms with Crippen LogP contribution in [0.3, 0.4) is 0 Å². The predicted molar refractivity (Wildman–Crippen MR) is 74.9 cm³/mol. The largest absolute Gasteiger partial charge is 0.370 e. The third-order valence-corrected chi connectivity index (χ3v) is 3.97. The number of rotatable bonds is 4. The van der Waals surface area contributed by atoms with Crippen LogP contribution < -0.4 is 10.2 Å². The minimum atomic E-state index is 0.658. The smallest absolute Gasteiger partial charge is 0.0642 e. The van der Waals surface area contributed by atoms with Crippen LogP contribution in [0.15, 0.2) is 18.2 Å². The van der Waals surface area contributed by atoms with Crippen LogP contribution in [0.1, 0.15) is 31.2 Å². The quantitative estimate of drug-likeness (QED) is 0.883. The Morgan fingerprint density at radius 2 is 2.06 bits per heavy atom. The third kappa shape index (κ3) is 2.75. The summed E-state index contributed by atoms with van der Waals surface area (Å²) >= 11 is 6.37. The van der Waals surface area contributed by atoms with Gasteiger partial charge in [-0.25, -0.2) is 0 Å². The SMILES string of the molecule is CNCc1cccc(Cl)c1N(C)C1CCCC1. The topological polar surface area (TPSA) is 15.3 Å². The van der Waals surface area contributed by atoms with Crippen LogP contribution >= 0.6 is 11.6 Å². The van der Waals surface area contributed by atoms with Gasteiger partial charge in [0.05, 0.1) is 10.7 Å². The van der Waals surface area contributed by atoms with Gasteiger partial charge in [0.25, 0.3) is 0 Å². The van der Waals surface area contributed by atoms with Crippen molar-refractivity contribution in [2.45, 2.75) is 38.3 Å². The molecule has 17 heavy (non-hydrogen) atoms. The van der Waals surface area contributed by atoms with Gasteiger partial charge in [0.2, 0.25) is 0 Å². The lowest BCUT2D eigenvalue weighted by molar-refractivity contribution is 0.648. The summed E-state index contributed by atoms with van der Waals surface area (Å²) in [7, 11) is 4.15. The predicted octanol–water partition coefficient (Wildman–Crippen LogP) is 3.44. The highest BCUT2D eigenvalue weighted by Gasteiger charge is 2.22. The Labute approximate surface area is 109 Å². The molecule has 1 N–H and O–H groups in total. The molecule has 1 saturated carbocycles. The van der Waals surface area contributed by atoms with E-state index in [1.54, 1.807) is 0 Å². The Hall–Kier alpha value is -0.730. The van der Waals surface area contributed by atoms with Crippen molar-refractivity contribution in [1.29, 1.82) is 0 Å². The molecule has 0 bridgehead atoms. The van der Waals surface area contributed by atoms with E-state index < -0.39 is 0 Å². The monoisotopic (exact) mass is 252 g/mol. The zero-order valence-corrected chi connectivity index (χ0v) is 11.4. The van der Waals surface area contributed by atoms with E-state index in [0.717, 1.165) is 11.6 Å². The van der Waals surface area contributed by atoms with E-state index in [-0.39, 0.29) is 0 Å². The van der Waals surface area contributed by atoms with E-state index in [2.05, 4.69) is 23.3 Å². The number of nitrogens with one attached hydrogen (secondary N) is 1. The molecular weight excluding hydrogens is 232 g/mol.